The number of benzene rings is 2. The SMILES string of the molecule is O=C(Cc1cccc(O)c1)N/N=C/c1ccc(O)cc1Br. The Hall–Kier alpha value is -2.34. The molecular weight excluding hydrogens is 336 g/mol. The second kappa shape index (κ2) is 6.90. The van der Waals surface area contributed by atoms with E-state index in [0.717, 1.165) is 5.56 Å². The van der Waals surface area contributed by atoms with Crippen molar-refractivity contribution in [2.45, 2.75) is 6.42 Å². The summed E-state index contributed by atoms with van der Waals surface area (Å²) in [5.74, 6) is -0.0180. The van der Waals surface area contributed by atoms with Crippen molar-refractivity contribution in [2.24, 2.45) is 5.10 Å². The van der Waals surface area contributed by atoms with E-state index in [-0.39, 0.29) is 23.8 Å². The molecule has 108 valence electrons. The minimum Gasteiger partial charge on any atom is -0.508 e. The van der Waals surface area contributed by atoms with E-state index in [1.807, 2.05) is 0 Å². The van der Waals surface area contributed by atoms with Crippen molar-refractivity contribution in [1.82, 2.24) is 5.43 Å². The standard InChI is InChI=1S/C15H13BrN2O3/c16-14-8-13(20)5-4-11(14)9-17-18-15(21)7-10-2-1-3-12(19)6-10/h1-6,8-9,19-20H,7H2,(H,18,21)/b17-9+. The van der Waals surface area contributed by atoms with Crippen LogP contribution in [-0.2, 0) is 11.2 Å². The van der Waals surface area contributed by atoms with Gasteiger partial charge < -0.3 is 10.2 Å². The van der Waals surface area contributed by atoms with Crippen molar-refractivity contribution < 1.29 is 15.0 Å². The van der Waals surface area contributed by atoms with Gasteiger partial charge in [-0.2, -0.15) is 5.10 Å². The Morgan fingerprint density at radius 1 is 1.19 bits per heavy atom. The molecule has 6 heteroatoms. The van der Waals surface area contributed by atoms with E-state index in [4.69, 9.17) is 0 Å². The predicted molar refractivity (Wildman–Crippen MR) is 83.4 cm³/mol. The highest BCUT2D eigenvalue weighted by Crippen LogP contribution is 2.20. The minimum absolute atomic E-state index is 0.122. The van der Waals surface area contributed by atoms with Crippen molar-refractivity contribution in [1.29, 1.82) is 0 Å². The summed E-state index contributed by atoms with van der Waals surface area (Å²) in [4.78, 5) is 11.7. The Labute approximate surface area is 130 Å². The van der Waals surface area contributed by atoms with Crippen LogP contribution in [-0.4, -0.2) is 22.3 Å². The lowest BCUT2D eigenvalue weighted by atomic mass is 10.1. The Kier molecular flexibility index (Phi) is 4.94. The number of carbonyl (C=O) groups is 1. The third-order valence-corrected chi connectivity index (χ3v) is 3.34. The molecule has 2 aromatic carbocycles. The molecule has 0 spiro atoms. The van der Waals surface area contributed by atoms with Crippen LogP contribution in [0.15, 0.2) is 52.0 Å². The molecule has 0 saturated carbocycles. The first kappa shape index (κ1) is 15.1. The average molecular weight is 349 g/mol. The van der Waals surface area contributed by atoms with E-state index in [9.17, 15) is 15.0 Å². The number of amides is 1. The highest BCUT2D eigenvalue weighted by atomic mass is 79.9. The number of phenolic OH excluding ortho intramolecular Hbond substituents is 2. The molecule has 0 heterocycles. The molecule has 2 rings (SSSR count). The van der Waals surface area contributed by atoms with Gasteiger partial charge in [0.05, 0.1) is 12.6 Å². The number of rotatable bonds is 4. The number of hydrogen-bond acceptors (Lipinski definition) is 4. The first-order chi connectivity index (χ1) is 10.0. The summed E-state index contributed by atoms with van der Waals surface area (Å²) in [5.41, 5.74) is 3.84. The lowest BCUT2D eigenvalue weighted by molar-refractivity contribution is -0.120. The maximum atomic E-state index is 11.7. The molecule has 0 aromatic heterocycles. The Morgan fingerprint density at radius 3 is 2.67 bits per heavy atom. The smallest absolute Gasteiger partial charge is 0.244 e. The zero-order chi connectivity index (χ0) is 15.2. The van der Waals surface area contributed by atoms with E-state index in [1.165, 1.54) is 24.4 Å². The third-order valence-electron chi connectivity index (χ3n) is 2.65. The quantitative estimate of drug-likeness (QED) is 0.586. The normalized spacial score (nSPS) is 10.7. The Balaban J connectivity index is 1.93. The fraction of sp³-hybridized carbons (Fsp3) is 0.0667. The van der Waals surface area contributed by atoms with Gasteiger partial charge >= 0.3 is 0 Å². The highest BCUT2D eigenvalue weighted by Gasteiger charge is 2.03. The molecule has 0 atom stereocenters. The molecule has 1 amide bonds. The Morgan fingerprint density at radius 2 is 1.95 bits per heavy atom. The summed E-state index contributed by atoms with van der Waals surface area (Å²) >= 11 is 3.28. The van der Waals surface area contributed by atoms with Gasteiger partial charge in [-0.3, -0.25) is 4.79 Å². The van der Waals surface area contributed by atoms with Gasteiger partial charge in [-0.05, 0) is 51.8 Å². The van der Waals surface area contributed by atoms with Crippen LogP contribution in [0.4, 0.5) is 0 Å². The highest BCUT2D eigenvalue weighted by molar-refractivity contribution is 9.10. The second-order valence-electron chi connectivity index (χ2n) is 4.35. The molecule has 3 N–H and O–H groups in total. The summed E-state index contributed by atoms with van der Waals surface area (Å²) < 4.78 is 0.675. The topological polar surface area (TPSA) is 81.9 Å². The van der Waals surface area contributed by atoms with Gasteiger partial charge in [0.2, 0.25) is 5.91 Å². The van der Waals surface area contributed by atoms with Gasteiger partial charge in [-0.1, -0.05) is 12.1 Å². The number of phenols is 2. The maximum absolute atomic E-state index is 11.7. The van der Waals surface area contributed by atoms with Crippen LogP contribution in [0.25, 0.3) is 0 Å². The van der Waals surface area contributed by atoms with Crippen LogP contribution in [0.2, 0.25) is 0 Å². The molecular formula is C15H13BrN2O3. The van der Waals surface area contributed by atoms with Crippen LogP contribution in [0.3, 0.4) is 0 Å². The van der Waals surface area contributed by atoms with Crippen LogP contribution in [0, 0.1) is 0 Å². The molecule has 0 saturated heterocycles. The van der Waals surface area contributed by atoms with Gasteiger partial charge in [0.25, 0.3) is 0 Å². The summed E-state index contributed by atoms with van der Waals surface area (Å²) in [6.45, 7) is 0. The maximum Gasteiger partial charge on any atom is 0.244 e. The van der Waals surface area contributed by atoms with Crippen LogP contribution in [0.1, 0.15) is 11.1 Å². The minimum atomic E-state index is -0.285. The molecule has 21 heavy (non-hydrogen) atoms. The van der Waals surface area contributed by atoms with E-state index >= 15 is 0 Å². The summed E-state index contributed by atoms with van der Waals surface area (Å²) in [7, 11) is 0. The van der Waals surface area contributed by atoms with Crippen LogP contribution in [0.5, 0.6) is 11.5 Å². The predicted octanol–water partition coefficient (Wildman–Crippen LogP) is 2.55. The van der Waals surface area contributed by atoms with Gasteiger partial charge in [-0.25, -0.2) is 5.43 Å². The number of halogens is 1. The number of aromatic hydroxyl groups is 2. The second-order valence-corrected chi connectivity index (χ2v) is 5.20. The van der Waals surface area contributed by atoms with Gasteiger partial charge in [-0.15, -0.1) is 0 Å². The van der Waals surface area contributed by atoms with E-state index < -0.39 is 0 Å². The third kappa shape index (κ3) is 4.61. The number of nitrogens with zero attached hydrogens (tertiary/aromatic N) is 1. The van der Waals surface area contributed by atoms with Crippen molar-refractivity contribution in [3.63, 3.8) is 0 Å². The van der Waals surface area contributed by atoms with Crippen LogP contribution < -0.4 is 5.43 Å². The molecule has 2 aromatic rings. The van der Waals surface area contributed by atoms with Crippen molar-refractivity contribution in [3.05, 3.63) is 58.1 Å². The lowest BCUT2D eigenvalue weighted by Gasteiger charge is -2.02. The van der Waals surface area contributed by atoms with E-state index in [2.05, 4.69) is 26.5 Å². The largest absolute Gasteiger partial charge is 0.508 e. The fourth-order valence-electron chi connectivity index (χ4n) is 1.69. The zero-order valence-corrected chi connectivity index (χ0v) is 12.5. The average Bonchev–Trinajstić information content (AvgIpc) is 2.41. The van der Waals surface area contributed by atoms with Gasteiger partial charge in [0, 0.05) is 10.0 Å². The molecule has 5 nitrogen and oxygen atoms in total. The lowest BCUT2D eigenvalue weighted by Crippen LogP contribution is -2.19. The summed E-state index contributed by atoms with van der Waals surface area (Å²) in [6.07, 6.45) is 1.60. The molecule has 0 fully saturated rings. The van der Waals surface area contributed by atoms with Crippen molar-refractivity contribution in [2.75, 3.05) is 0 Å². The number of carbonyl (C=O) groups excluding carboxylic acids is 1. The fourth-order valence-corrected chi connectivity index (χ4v) is 2.15. The first-order valence-corrected chi connectivity index (χ1v) is 6.92. The zero-order valence-electron chi connectivity index (χ0n) is 11.0. The van der Waals surface area contributed by atoms with Crippen molar-refractivity contribution in [3.8, 4) is 11.5 Å². The van der Waals surface area contributed by atoms with Gasteiger partial charge in [0.1, 0.15) is 11.5 Å². The molecule has 0 radical (unpaired) electrons. The summed E-state index contributed by atoms with van der Waals surface area (Å²) in [6, 6.07) is 11.2. The molecule has 0 unspecified atom stereocenters. The van der Waals surface area contributed by atoms with E-state index in [0.29, 0.717) is 10.0 Å². The number of hydrogen-bond donors (Lipinski definition) is 3. The molecule has 0 aliphatic carbocycles. The molecule has 0 bridgehead atoms. The van der Waals surface area contributed by atoms with Gasteiger partial charge in [0.15, 0.2) is 0 Å². The molecule has 0 aliphatic heterocycles. The van der Waals surface area contributed by atoms with Crippen molar-refractivity contribution >= 4 is 28.1 Å². The molecule has 0 aliphatic rings. The number of hydrazone groups is 1. The Bertz CT molecular complexity index is 686. The first-order valence-electron chi connectivity index (χ1n) is 6.13. The van der Waals surface area contributed by atoms with E-state index in [1.54, 1.807) is 24.3 Å². The monoisotopic (exact) mass is 348 g/mol. The number of nitrogens with one attached hydrogen (secondary N) is 1. The van der Waals surface area contributed by atoms with Crippen LogP contribution >= 0.6 is 15.9 Å². The summed E-state index contributed by atoms with van der Waals surface area (Å²) in [5, 5.41) is 22.4.